The third-order valence-corrected chi connectivity index (χ3v) is 20.6. The van der Waals surface area contributed by atoms with Crippen molar-refractivity contribution in [2.45, 2.75) is 114 Å². The zero-order chi connectivity index (χ0) is 25.0. The van der Waals surface area contributed by atoms with Gasteiger partial charge in [0.1, 0.15) is 13.6 Å². The van der Waals surface area contributed by atoms with Crippen molar-refractivity contribution >= 4 is 16.6 Å². The third kappa shape index (κ3) is 6.90. The normalized spacial score (nSPS) is 29.4. The second kappa shape index (κ2) is 10.8. The molecule has 5 nitrogen and oxygen atoms in total. The molecule has 0 amide bonds. The summed E-state index contributed by atoms with van der Waals surface area (Å²) in [5.74, 6) is 0. The van der Waals surface area contributed by atoms with E-state index in [-0.39, 0.29) is 21.3 Å². The SMILES string of the molecule is COCOC1(C[Si](C)(O[Si](C)(CC2(OCOC)C=CCC2)C(C)(C)C)C(C)(C)C)C=CCC1. The summed E-state index contributed by atoms with van der Waals surface area (Å²) in [5, 5.41) is 0.108. The Morgan fingerprint density at radius 3 is 1.30 bits per heavy atom. The minimum absolute atomic E-state index is 0.0540. The van der Waals surface area contributed by atoms with Crippen molar-refractivity contribution in [1.29, 1.82) is 0 Å². The van der Waals surface area contributed by atoms with Gasteiger partial charge in [-0.3, -0.25) is 0 Å². The summed E-state index contributed by atoms with van der Waals surface area (Å²) < 4.78 is 31.0. The minimum Gasteiger partial charge on any atom is -0.454 e. The van der Waals surface area contributed by atoms with Crippen LogP contribution >= 0.6 is 0 Å². The molecule has 0 spiro atoms. The van der Waals surface area contributed by atoms with Crippen molar-refractivity contribution < 1.29 is 23.1 Å². The van der Waals surface area contributed by atoms with Crippen molar-refractivity contribution in [3.63, 3.8) is 0 Å². The summed E-state index contributed by atoms with van der Waals surface area (Å²) in [6.45, 7) is 19.6. The number of methoxy groups -OCH3 is 2. The first-order valence-electron chi connectivity index (χ1n) is 12.5. The van der Waals surface area contributed by atoms with E-state index in [0.717, 1.165) is 37.8 Å². The molecular formula is C26H50O5Si2. The van der Waals surface area contributed by atoms with Crippen molar-refractivity contribution in [2.24, 2.45) is 0 Å². The van der Waals surface area contributed by atoms with Crippen LogP contribution in [-0.2, 0) is 23.1 Å². The number of hydrogen-bond acceptors (Lipinski definition) is 5. The van der Waals surface area contributed by atoms with E-state index in [4.69, 9.17) is 23.1 Å². The minimum atomic E-state index is -2.30. The Balaban J connectivity index is 2.43. The topological polar surface area (TPSA) is 46.2 Å². The van der Waals surface area contributed by atoms with E-state index in [1.165, 1.54) is 0 Å². The van der Waals surface area contributed by atoms with Crippen LogP contribution < -0.4 is 0 Å². The Labute approximate surface area is 205 Å². The molecule has 2 rings (SSSR count). The van der Waals surface area contributed by atoms with E-state index in [0.29, 0.717) is 13.6 Å². The lowest BCUT2D eigenvalue weighted by Gasteiger charge is -2.54. The number of ether oxygens (including phenoxy) is 4. The quantitative estimate of drug-likeness (QED) is 0.162. The summed E-state index contributed by atoms with van der Waals surface area (Å²) in [6.07, 6.45) is 13.1. The Kier molecular flexibility index (Phi) is 9.44. The highest BCUT2D eigenvalue weighted by atomic mass is 28.4. The molecule has 0 saturated carbocycles. The molecule has 0 aromatic carbocycles. The van der Waals surface area contributed by atoms with Gasteiger partial charge >= 0.3 is 0 Å². The van der Waals surface area contributed by atoms with Gasteiger partial charge in [0.2, 0.25) is 0 Å². The molecule has 0 saturated heterocycles. The zero-order valence-corrected chi connectivity index (χ0v) is 25.0. The largest absolute Gasteiger partial charge is 0.454 e. The van der Waals surface area contributed by atoms with Crippen molar-refractivity contribution in [3.05, 3.63) is 24.3 Å². The molecule has 4 atom stereocenters. The van der Waals surface area contributed by atoms with Gasteiger partial charge in [-0.25, -0.2) is 0 Å². The number of rotatable bonds is 12. The maximum absolute atomic E-state index is 7.66. The van der Waals surface area contributed by atoms with E-state index < -0.39 is 16.6 Å². The lowest BCUT2D eigenvalue weighted by Crippen LogP contribution is -2.61. The van der Waals surface area contributed by atoms with Gasteiger partial charge in [-0.1, -0.05) is 65.8 Å². The Hall–Kier alpha value is -0.286. The van der Waals surface area contributed by atoms with Crippen LogP contribution in [0, 0.1) is 0 Å². The molecule has 2 aliphatic rings. The Bertz CT molecular complexity index is 640. The highest BCUT2D eigenvalue weighted by molar-refractivity contribution is 6.89. The van der Waals surface area contributed by atoms with Crippen LogP contribution in [0.15, 0.2) is 24.3 Å². The highest BCUT2D eigenvalue weighted by Crippen LogP contribution is 2.53. The molecule has 0 bridgehead atoms. The third-order valence-electron chi connectivity index (χ3n) is 8.14. The Morgan fingerprint density at radius 2 is 1.06 bits per heavy atom. The van der Waals surface area contributed by atoms with Crippen LogP contribution in [0.3, 0.4) is 0 Å². The van der Waals surface area contributed by atoms with E-state index in [2.05, 4.69) is 78.9 Å². The molecule has 192 valence electrons. The molecule has 0 N–H and O–H groups in total. The van der Waals surface area contributed by atoms with Crippen LogP contribution in [0.25, 0.3) is 0 Å². The molecule has 2 aliphatic carbocycles. The smallest absolute Gasteiger partial charge is 0.185 e. The molecule has 0 aliphatic heterocycles. The van der Waals surface area contributed by atoms with Crippen LogP contribution in [0.4, 0.5) is 0 Å². The molecule has 0 heterocycles. The predicted octanol–water partition coefficient (Wildman–Crippen LogP) is 7.17. The van der Waals surface area contributed by atoms with Crippen LogP contribution in [0.2, 0.25) is 35.3 Å². The fourth-order valence-corrected chi connectivity index (χ4v) is 16.1. The van der Waals surface area contributed by atoms with Crippen molar-refractivity contribution in [1.82, 2.24) is 0 Å². The molecule has 0 radical (unpaired) electrons. The summed E-state index contributed by atoms with van der Waals surface area (Å²) >= 11 is 0. The number of hydrogen-bond donors (Lipinski definition) is 0. The molecule has 7 heteroatoms. The summed E-state index contributed by atoms with van der Waals surface area (Å²) in [5.41, 5.74) is -0.593. The van der Waals surface area contributed by atoms with Crippen LogP contribution in [0.5, 0.6) is 0 Å². The second-order valence-corrected chi connectivity index (χ2v) is 22.0. The van der Waals surface area contributed by atoms with Gasteiger partial charge in [-0.05, 0) is 60.9 Å². The zero-order valence-electron chi connectivity index (χ0n) is 23.0. The number of allylic oxidation sites excluding steroid dienone is 2. The maximum atomic E-state index is 7.66. The van der Waals surface area contributed by atoms with Gasteiger partial charge in [0.05, 0.1) is 11.2 Å². The van der Waals surface area contributed by atoms with E-state index in [9.17, 15) is 0 Å². The predicted molar refractivity (Wildman–Crippen MR) is 141 cm³/mol. The van der Waals surface area contributed by atoms with Gasteiger partial charge in [0.25, 0.3) is 0 Å². The first kappa shape index (κ1) is 28.9. The molecule has 4 unspecified atom stereocenters. The van der Waals surface area contributed by atoms with Crippen molar-refractivity contribution in [3.8, 4) is 0 Å². The van der Waals surface area contributed by atoms with Gasteiger partial charge in [-0.15, -0.1) is 0 Å². The summed E-state index contributed by atoms with van der Waals surface area (Å²) in [6, 6.07) is 1.87. The second-order valence-electron chi connectivity index (χ2n) is 12.5. The molecular weight excluding hydrogens is 448 g/mol. The van der Waals surface area contributed by atoms with E-state index in [1.54, 1.807) is 14.2 Å². The van der Waals surface area contributed by atoms with E-state index >= 15 is 0 Å². The first-order chi connectivity index (χ1) is 15.2. The van der Waals surface area contributed by atoms with Crippen LogP contribution in [-0.4, -0.2) is 55.6 Å². The van der Waals surface area contributed by atoms with Crippen molar-refractivity contribution in [2.75, 3.05) is 27.8 Å². The van der Waals surface area contributed by atoms with Gasteiger partial charge in [0.15, 0.2) is 16.6 Å². The standard InChI is InChI=1S/C26H50O5Si2/c1-23(2,3)32(9,19-25(29-21-27-7)15-11-12-16-25)31-33(10,24(4,5)6)20-26(30-22-28-8)17-13-14-18-26/h11,13,15,17H,12,14,16,18-22H2,1-10H3. The highest BCUT2D eigenvalue weighted by Gasteiger charge is 2.57. The molecule has 33 heavy (non-hydrogen) atoms. The van der Waals surface area contributed by atoms with E-state index in [1.807, 2.05) is 0 Å². The fourth-order valence-electron chi connectivity index (χ4n) is 4.96. The molecule has 0 aromatic heterocycles. The monoisotopic (exact) mass is 498 g/mol. The van der Waals surface area contributed by atoms with Gasteiger partial charge in [-0.2, -0.15) is 0 Å². The maximum Gasteiger partial charge on any atom is 0.185 e. The first-order valence-corrected chi connectivity index (χ1v) is 17.7. The summed E-state index contributed by atoms with van der Waals surface area (Å²) in [4.78, 5) is 0. The molecule has 0 fully saturated rings. The summed E-state index contributed by atoms with van der Waals surface area (Å²) in [7, 11) is -1.21. The van der Waals surface area contributed by atoms with Gasteiger partial charge < -0.3 is 23.1 Å². The molecule has 0 aromatic rings. The Morgan fingerprint density at radius 1 is 0.697 bits per heavy atom. The van der Waals surface area contributed by atoms with Gasteiger partial charge in [0, 0.05) is 14.2 Å². The average molecular weight is 499 g/mol. The lowest BCUT2D eigenvalue weighted by atomic mass is 10.1. The fraction of sp³-hybridized carbons (Fsp3) is 0.846. The van der Waals surface area contributed by atoms with Crippen LogP contribution in [0.1, 0.15) is 67.2 Å². The average Bonchev–Trinajstić information content (AvgIpc) is 3.33. The lowest BCUT2D eigenvalue weighted by molar-refractivity contribution is -0.102.